The van der Waals surface area contributed by atoms with Crippen LogP contribution in [0, 0.1) is 0 Å². The van der Waals surface area contributed by atoms with Crippen molar-refractivity contribution in [3.8, 4) is 0 Å². The first-order valence-corrected chi connectivity index (χ1v) is 15.5. The van der Waals surface area contributed by atoms with Crippen LogP contribution in [0.1, 0.15) is 37.5 Å². The standard InChI is InChI=1S/C26H35N3O4Si/c1-25(2,3)29(24(31)32)20-10-9-18-15-26(16-19(18)14-20)21-8-7-11-27-22(21)28(23(26)30)17-33-12-13-34(4,5)6/h7-11,14H,12-13,15-17H2,1-6H3,(H,31,32)/t26-/m1/s1. The molecule has 0 saturated heterocycles. The van der Waals surface area contributed by atoms with Gasteiger partial charge in [-0.3, -0.25) is 14.6 Å². The van der Waals surface area contributed by atoms with Crippen LogP contribution in [0.3, 0.4) is 0 Å². The molecule has 1 spiro atoms. The Balaban J connectivity index is 1.62. The maximum absolute atomic E-state index is 13.8. The van der Waals surface area contributed by atoms with Gasteiger partial charge in [0.05, 0.1) is 5.41 Å². The van der Waals surface area contributed by atoms with Gasteiger partial charge in [-0.2, -0.15) is 0 Å². The summed E-state index contributed by atoms with van der Waals surface area (Å²) in [5.74, 6) is 0.688. The lowest BCUT2D eigenvalue weighted by molar-refractivity contribution is -0.124. The number of aromatic nitrogens is 1. The maximum atomic E-state index is 13.8. The molecule has 0 fully saturated rings. The highest BCUT2D eigenvalue weighted by molar-refractivity contribution is 6.76. The molecule has 1 aromatic carbocycles. The van der Waals surface area contributed by atoms with Crippen LogP contribution in [0.25, 0.3) is 0 Å². The van der Waals surface area contributed by atoms with Crippen molar-refractivity contribution in [3.05, 3.63) is 53.2 Å². The Bertz CT molecular complexity index is 1120. The highest BCUT2D eigenvalue weighted by atomic mass is 28.3. The molecule has 8 heteroatoms. The number of carbonyl (C=O) groups excluding carboxylic acids is 1. The summed E-state index contributed by atoms with van der Waals surface area (Å²) in [5, 5.41) is 9.82. The molecule has 182 valence electrons. The largest absolute Gasteiger partial charge is 0.465 e. The SMILES string of the molecule is CC(C)(C)N(C(=O)O)c1ccc2c(c1)C[C@@]1(C2)C(=O)N(COCC[Si](C)(C)C)c2ncccc21. The van der Waals surface area contributed by atoms with Crippen molar-refractivity contribution in [2.24, 2.45) is 0 Å². The molecule has 2 amide bonds. The number of anilines is 2. The van der Waals surface area contributed by atoms with Crippen molar-refractivity contribution in [1.29, 1.82) is 0 Å². The Hall–Kier alpha value is -2.71. The minimum Gasteiger partial charge on any atom is -0.465 e. The van der Waals surface area contributed by atoms with E-state index >= 15 is 0 Å². The quantitative estimate of drug-likeness (QED) is 0.461. The number of carbonyl (C=O) groups is 2. The van der Waals surface area contributed by atoms with Crippen LogP contribution in [-0.4, -0.2) is 49.0 Å². The summed E-state index contributed by atoms with van der Waals surface area (Å²) in [5.41, 5.74) is 2.34. The minimum absolute atomic E-state index is 0.0119. The molecule has 0 saturated carbocycles. The minimum atomic E-state index is -1.22. The zero-order valence-corrected chi connectivity index (χ0v) is 22.0. The highest BCUT2D eigenvalue weighted by Crippen LogP contribution is 2.49. The van der Waals surface area contributed by atoms with E-state index in [9.17, 15) is 14.7 Å². The number of rotatable bonds is 6. The molecule has 0 unspecified atom stereocenters. The van der Waals surface area contributed by atoms with Crippen LogP contribution >= 0.6 is 0 Å². The number of benzene rings is 1. The fourth-order valence-electron chi connectivity index (χ4n) is 5.04. The number of nitrogens with zero attached hydrogens (tertiary/aromatic N) is 3. The average molecular weight is 482 g/mol. The topological polar surface area (TPSA) is 83.0 Å². The van der Waals surface area contributed by atoms with Crippen molar-refractivity contribution >= 4 is 31.6 Å². The normalized spacial score (nSPS) is 19.5. The second-order valence-corrected chi connectivity index (χ2v) is 17.3. The smallest absolute Gasteiger partial charge is 0.412 e. The molecule has 2 heterocycles. The van der Waals surface area contributed by atoms with Crippen LogP contribution in [0.4, 0.5) is 16.3 Å². The van der Waals surface area contributed by atoms with E-state index in [1.165, 1.54) is 4.90 Å². The second-order valence-electron chi connectivity index (χ2n) is 11.6. The first-order valence-electron chi connectivity index (χ1n) is 11.8. The van der Waals surface area contributed by atoms with Gasteiger partial charge in [0.25, 0.3) is 0 Å². The van der Waals surface area contributed by atoms with Crippen LogP contribution in [-0.2, 0) is 27.8 Å². The third-order valence-electron chi connectivity index (χ3n) is 6.72. The predicted octanol–water partition coefficient (Wildman–Crippen LogP) is 5.06. The van der Waals surface area contributed by atoms with Gasteiger partial charge in [-0.25, -0.2) is 9.78 Å². The van der Waals surface area contributed by atoms with Gasteiger partial charge >= 0.3 is 6.09 Å². The zero-order valence-electron chi connectivity index (χ0n) is 21.0. The lowest BCUT2D eigenvalue weighted by Gasteiger charge is -2.33. The summed E-state index contributed by atoms with van der Waals surface area (Å²) >= 11 is 0. The highest BCUT2D eigenvalue weighted by Gasteiger charge is 2.54. The molecule has 34 heavy (non-hydrogen) atoms. The molecule has 4 rings (SSSR count). The Labute approximate surface area is 202 Å². The summed E-state index contributed by atoms with van der Waals surface area (Å²) < 4.78 is 5.94. The lowest BCUT2D eigenvalue weighted by Crippen LogP contribution is -2.45. The average Bonchev–Trinajstić information content (AvgIpc) is 3.20. The van der Waals surface area contributed by atoms with Gasteiger partial charge in [-0.15, -0.1) is 0 Å². The van der Waals surface area contributed by atoms with Gasteiger partial charge in [0.2, 0.25) is 5.91 Å². The van der Waals surface area contributed by atoms with Crippen LogP contribution in [0.15, 0.2) is 36.5 Å². The fourth-order valence-corrected chi connectivity index (χ4v) is 5.79. The second kappa shape index (κ2) is 8.50. The Kier molecular flexibility index (Phi) is 6.10. The molecule has 1 aliphatic carbocycles. The number of hydrogen-bond acceptors (Lipinski definition) is 4. The molecular formula is C26H35N3O4Si. The number of amides is 2. The molecule has 2 aromatic rings. The van der Waals surface area contributed by atoms with E-state index in [1.807, 2.05) is 51.1 Å². The fraction of sp³-hybridized carbons (Fsp3) is 0.500. The zero-order chi connectivity index (χ0) is 24.9. The summed E-state index contributed by atoms with van der Waals surface area (Å²) in [6.07, 6.45) is 1.83. The van der Waals surface area contributed by atoms with Crippen LogP contribution < -0.4 is 9.80 Å². The molecule has 0 radical (unpaired) electrons. The van der Waals surface area contributed by atoms with Crippen LogP contribution in [0.2, 0.25) is 25.7 Å². The van der Waals surface area contributed by atoms with Crippen molar-refractivity contribution in [1.82, 2.24) is 4.98 Å². The molecular weight excluding hydrogens is 446 g/mol. The van der Waals surface area contributed by atoms with Gasteiger partial charge < -0.3 is 9.84 Å². The number of fused-ring (bicyclic) bond motifs is 3. The molecule has 1 atom stereocenters. The van der Waals surface area contributed by atoms with E-state index in [1.54, 1.807) is 11.1 Å². The van der Waals surface area contributed by atoms with Gasteiger partial charge in [0, 0.05) is 37.7 Å². The molecule has 1 N–H and O–H groups in total. The molecule has 0 bridgehead atoms. The Morgan fingerprint density at radius 1 is 1.21 bits per heavy atom. The summed E-state index contributed by atoms with van der Waals surface area (Å²) in [6.45, 7) is 13.4. The van der Waals surface area contributed by atoms with E-state index in [0.717, 1.165) is 22.7 Å². The van der Waals surface area contributed by atoms with Crippen molar-refractivity contribution < 1.29 is 19.4 Å². The molecule has 7 nitrogen and oxygen atoms in total. The summed E-state index contributed by atoms with van der Waals surface area (Å²) in [7, 11) is -1.22. The van der Waals surface area contributed by atoms with Crippen molar-refractivity contribution in [2.45, 2.75) is 70.3 Å². The lowest BCUT2D eigenvalue weighted by atomic mass is 9.79. The number of ether oxygens (including phenoxy) is 1. The van der Waals surface area contributed by atoms with E-state index in [4.69, 9.17) is 4.74 Å². The first kappa shape index (κ1) is 24.4. The van der Waals surface area contributed by atoms with E-state index in [2.05, 4.69) is 24.6 Å². The van der Waals surface area contributed by atoms with E-state index in [-0.39, 0.29) is 12.6 Å². The molecule has 1 aromatic heterocycles. The van der Waals surface area contributed by atoms with Gasteiger partial charge in [-0.05, 0) is 69.0 Å². The Morgan fingerprint density at radius 3 is 2.56 bits per heavy atom. The number of pyridine rings is 1. The van der Waals surface area contributed by atoms with Gasteiger partial charge in [0.15, 0.2) is 0 Å². The maximum Gasteiger partial charge on any atom is 0.412 e. The number of carboxylic acid groups (broad SMARTS) is 1. The third kappa shape index (κ3) is 4.36. The van der Waals surface area contributed by atoms with Crippen molar-refractivity contribution in [2.75, 3.05) is 23.1 Å². The molecule has 2 aliphatic rings. The summed E-state index contributed by atoms with van der Waals surface area (Å²) in [4.78, 5) is 33.4. The summed E-state index contributed by atoms with van der Waals surface area (Å²) in [6, 6.07) is 10.7. The van der Waals surface area contributed by atoms with Gasteiger partial charge in [0.1, 0.15) is 12.5 Å². The monoisotopic (exact) mass is 481 g/mol. The van der Waals surface area contributed by atoms with E-state index < -0.39 is 25.1 Å². The first-order chi connectivity index (χ1) is 15.8. The van der Waals surface area contributed by atoms with Crippen molar-refractivity contribution in [3.63, 3.8) is 0 Å². The van der Waals surface area contributed by atoms with Gasteiger partial charge in [-0.1, -0.05) is 31.8 Å². The predicted molar refractivity (Wildman–Crippen MR) is 136 cm³/mol. The molecule has 1 aliphatic heterocycles. The third-order valence-corrected chi connectivity index (χ3v) is 8.43. The Morgan fingerprint density at radius 2 is 1.91 bits per heavy atom. The van der Waals surface area contributed by atoms with E-state index in [0.29, 0.717) is 31.0 Å². The number of hydrogen-bond donors (Lipinski definition) is 1. The van der Waals surface area contributed by atoms with Crippen LogP contribution in [0.5, 0.6) is 0 Å².